The molecule has 0 aliphatic carbocycles. The Kier molecular flexibility index (Phi) is 2.61. The van der Waals surface area contributed by atoms with Crippen LogP contribution in [0.15, 0.2) is 5.16 Å². The van der Waals surface area contributed by atoms with Crippen LogP contribution in [0.2, 0.25) is 0 Å². The van der Waals surface area contributed by atoms with Gasteiger partial charge in [-0.2, -0.15) is 0 Å². The maximum absolute atomic E-state index is 5.18. The van der Waals surface area contributed by atoms with Gasteiger partial charge < -0.3 is 5.43 Å². The van der Waals surface area contributed by atoms with Gasteiger partial charge in [0, 0.05) is 0 Å². The predicted octanol–water partition coefficient (Wildman–Crippen LogP) is 0.188. The van der Waals surface area contributed by atoms with Crippen LogP contribution >= 0.6 is 11.8 Å². The molecule has 0 aromatic carbocycles. The molecule has 0 saturated carbocycles. The number of hydrazine groups is 1. The van der Waals surface area contributed by atoms with E-state index in [2.05, 4.69) is 20.6 Å². The summed E-state index contributed by atoms with van der Waals surface area (Å²) in [6, 6.07) is 0. The molecule has 1 aromatic rings. The van der Waals surface area contributed by atoms with E-state index in [0.717, 1.165) is 0 Å². The summed E-state index contributed by atoms with van der Waals surface area (Å²) in [6.45, 7) is 1.79. The summed E-state index contributed by atoms with van der Waals surface area (Å²) in [7, 11) is 0. The van der Waals surface area contributed by atoms with Crippen LogP contribution in [0.3, 0.4) is 0 Å². The molecule has 0 atom stereocenters. The summed E-state index contributed by atoms with van der Waals surface area (Å²) in [6.07, 6.45) is 1.88. The van der Waals surface area contributed by atoms with Crippen LogP contribution in [0, 0.1) is 6.92 Å². The van der Waals surface area contributed by atoms with Crippen molar-refractivity contribution < 1.29 is 0 Å². The number of aromatic nitrogens is 3. The van der Waals surface area contributed by atoms with E-state index >= 15 is 0 Å². The number of aryl methyl sites for hydroxylation is 1. The number of hydrogen-bond acceptors (Lipinski definition) is 6. The number of thioether (sulfide) groups is 1. The van der Waals surface area contributed by atoms with Crippen molar-refractivity contribution in [2.75, 3.05) is 11.7 Å². The van der Waals surface area contributed by atoms with Gasteiger partial charge in [0.1, 0.15) is 5.69 Å². The molecule has 60 valence electrons. The fourth-order valence-corrected chi connectivity index (χ4v) is 0.892. The van der Waals surface area contributed by atoms with Crippen molar-refractivity contribution in [2.45, 2.75) is 12.1 Å². The third kappa shape index (κ3) is 1.78. The first-order valence-corrected chi connectivity index (χ1v) is 4.22. The molecule has 0 amide bonds. The van der Waals surface area contributed by atoms with Crippen molar-refractivity contribution in [3.63, 3.8) is 0 Å². The zero-order chi connectivity index (χ0) is 8.27. The average molecular weight is 171 g/mol. The van der Waals surface area contributed by atoms with Gasteiger partial charge in [-0.25, -0.2) is 10.8 Å². The second-order valence-corrected chi connectivity index (χ2v) is 2.65. The predicted molar refractivity (Wildman–Crippen MR) is 44.2 cm³/mol. The second kappa shape index (κ2) is 3.49. The van der Waals surface area contributed by atoms with Gasteiger partial charge in [0.05, 0.1) is 0 Å². The largest absolute Gasteiger partial charge is 0.307 e. The number of anilines is 1. The lowest BCUT2D eigenvalue weighted by atomic mass is 10.5. The molecular weight excluding hydrogens is 162 g/mol. The number of nitrogens with zero attached hydrogens (tertiary/aromatic N) is 3. The van der Waals surface area contributed by atoms with Crippen LogP contribution in [0.5, 0.6) is 0 Å². The summed E-state index contributed by atoms with van der Waals surface area (Å²) in [5.74, 6) is 5.76. The molecule has 1 rings (SSSR count). The SMILES string of the molecule is CSc1nnc(C)c(NN)n1. The van der Waals surface area contributed by atoms with E-state index in [1.165, 1.54) is 11.8 Å². The van der Waals surface area contributed by atoms with Crippen LogP contribution in [0.1, 0.15) is 5.69 Å². The molecule has 3 N–H and O–H groups in total. The summed E-state index contributed by atoms with van der Waals surface area (Å²) in [4.78, 5) is 4.06. The normalized spacial score (nSPS) is 9.73. The van der Waals surface area contributed by atoms with Gasteiger partial charge in [0.2, 0.25) is 5.16 Å². The molecule has 0 unspecified atom stereocenters. The van der Waals surface area contributed by atoms with Gasteiger partial charge in [-0.15, -0.1) is 10.2 Å². The number of nitrogen functional groups attached to an aromatic ring is 1. The van der Waals surface area contributed by atoms with E-state index in [9.17, 15) is 0 Å². The average Bonchev–Trinajstić information content (AvgIpc) is 2.05. The molecule has 0 aliphatic rings. The second-order valence-electron chi connectivity index (χ2n) is 1.88. The highest BCUT2D eigenvalue weighted by Gasteiger charge is 2.01. The van der Waals surface area contributed by atoms with Crippen molar-refractivity contribution in [3.05, 3.63) is 5.69 Å². The number of hydrogen-bond donors (Lipinski definition) is 2. The Morgan fingerprint density at radius 3 is 2.73 bits per heavy atom. The number of nitrogens with one attached hydrogen (secondary N) is 1. The molecule has 6 heteroatoms. The third-order valence-corrected chi connectivity index (χ3v) is 1.69. The zero-order valence-electron chi connectivity index (χ0n) is 6.33. The van der Waals surface area contributed by atoms with E-state index in [-0.39, 0.29) is 0 Å². The van der Waals surface area contributed by atoms with E-state index in [0.29, 0.717) is 16.7 Å². The number of rotatable bonds is 2. The molecule has 5 nitrogen and oxygen atoms in total. The molecular formula is C5H9N5S. The van der Waals surface area contributed by atoms with Crippen LogP contribution in [0.4, 0.5) is 5.82 Å². The molecule has 0 spiro atoms. The molecule has 0 bridgehead atoms. The maximum atomic E-state index is 5.18. The Labute approximate surface area is 68.8 Å². The van der Waals surface area contributed by atoms with Crippen molar-refractivity contribution >= 4 is 17.6 Å². The van der Waals surface area contributed by atoms with Gasteiger partial charge in [-0.3, -0.25) is 0 Å². The highest BCUT2D eigenvalue weighted by atomic mass is 32.2. The highest BCUT2D eigenvalue weighted by molar-refractivity contribution is 7.98. The minimum atomic E-state index is 0.573. The highest BCUT2D eigenvalue weighted by Crippen LogP contribution is 2.11. The standard InChI is InChI=1S/C5H9N5S/c1-3-4(8-6)7-5(11-2)10-9-3/h6H2,1-2H3,(H,7,8,10). The van der Waals surface area contributed by atoms with Crippen LogP contribution < -0.4 is 11.3 Å². The first-order chi connectivity index (χ1) is 5.27. The fourth-order valence-electron chi connectivity index (χ4n) is 0.587. The van der Waals surface area contributed by atoms with E-state index < -0.39 is 0 Å². The van der Waals surface area contributed by atoms with Crippen molar-refractivity contribution in [1.29, 1.82) is 0 Å². The van der Waals surface area contributed by atoms with Gasteiger partial charge in [-0.05, 0) is 13.2 Å². The van der Waals surface area contributed by atoms with Crippen LogP contribution in [0.25, 0.3) is 0 Å². The lowest BCUT2D eigenvalue weighted by Crippen LogP contribution is -2.12. The zero-order valence-corrected chi connectivity index (χ0v) is 7.14. The summed E-state index contributed by atoms with van der Waals surface area (Å²) in [5, 5.41) is 8.27. The van der Waals surface area contributed by atoms with Gasteiger partial charge >= 0.3 is 0 Å². The van der Waals surface area contributed by atoms with Crippen LogP contribution in [-0.4, -0.2) is 21.4 Å². The smallest absolute Gasteiger partial charge is 0.210 e. The number of nitrogens with two attached hydrogens (primary N) is 1. The summed E-state index contributed by atoms with van der Waals surface area (Å²) >= 11 is 1.43. The van der Waals surface area contributed by atoms with Gasteiger partial charge in [-0.1, -0.05) is 11.8 Å². The molecule has 0 saturated heterocycles. The quantitative estimate of drug-likeness (QED) is 0.376. The summed E-state index contributed by atoms with van der Waals surface area (Å²) < 4.78 is 0. The molecule has 0 aliphatic heterocycles. The van der Waals surface area contributed by atoms with Crippen molar-refractivity contribution in [3.8, 4) is 0 Å². The minimum Gasteiger partial charge on any atom is -0.307 e. The maximum Gasteiger partial charge on any atom is 0.210 e. The molecule has 1 heterocycles. The Morgan fingerprint density at radius 2 is 2.18 bits per heavy atom. The third-order valence-electron chi connectivity index (χ3n) is 1.15. The molecule has 1 aromatic heterocycles. The monoisotopic (exact) mass is 171 g/mol. The Morgan fingerprint density at radius 1 is 1.45 bits per heavy atom. The summed E-state index contributed by atoms with van der Waals surface area (Å²) in [5.41, 5.74) is 3.14. The van der Waals surface area contributed by atoms with Gasteiger partial charge in [0.25, 0.3) is 0 Å². The Hall–Kier alpha value is -0.880. The van der Waals surface area contributed by atoms with Crippen molar-refractivity contribution in [2.24, 2.45) is 5.84 Å². The fraction of sp³-hybridized carbons (Fsp3) is 0.400. The molecule has 0 radical (unpaired) electrons. The van der Waals surface area contributed by atoms with E-state index in [1.54, 1.807) is 6.92 Å². The van der Waals surface area contributed by atoms with E-state index in [1.807, 2.05) is 6.26 Å². The topological polar surface area (TPSA) is 76.7 Å². The molecule has 0 fully saturated rings. The molecule has 11 heavy (non-hydrogen) atoms. The minimum absolute atomic E-state index is 0.573. The Bertz CT molecular complexity index is 251. The van der Waals surface area contributed by atoms with E-state index in [4.69, 9.17) is 5.84 Å². The van der Waals surface area contributed by atoms with Crippen molar-refractivity contribution in [1.82, 2.24) is 15.2 Å². The lowest BCUT2D eigenvalue weighted by molar-refractivity contribution is 0.816. The first kappa shape index (κ1) is 8.22. The van der Waals surface area contributed by atoms with Crippen LogP contribution in [-0.2, 0) is 0 Å². The Balaban J connectivity index is 3.02. The van der Waals surface area contributed by atoms with Gasteiger partial charge in [0.15, 0.2) is 5.82 Å². The lowest BCUT2D eigenvalue weighted by Gasteiger charge is -2.01. The first-order valence-electron chi connectivity index (χ1n) is 3.00.